The summed E-state index contributed by atoms with van der Waals surface area (Å²) < 4.78 is 13.5. The molecular weight excluding hydrogens is 296 g/mol. The minimum Gasteiger partial charge on any atom is -0.479 e. The molecule has 0 aliphatic rings. The van der Waals surface area contributed by atoms with Crippen molar-refractivity contribution in [1.82, 2.24) is 4.90 Å². The van der Waals surface area contributed by atoms with E-state index in [1.807, 2.05) is 0 Å². The zero-order valence-corrected chi connectivity index (χ0v) is 12.0. The van der Waals surface area contributed by atoms with E-state index in [1.54, 1.807) is 0 Å². The van der Waals surface area contributed by atoms with Crippen LogP contribution in [0.2, 0.25) is 10.0 Å². The molecule has 0 aliphatic heterocycles. The van der Waals surface area contributed by atoms with E-state index in [0.29, 0.717) is 0 Å². The van der Waals surface area contributed by atoms with Crippen LogP contribution in [-0.4, -0.2) is 28.9 Å². The van der Waals surface area contributed by atoms with Crippen molar-refractivity contribution in [2.75, 3.05) is 7.05 Å². The van der Waals surface area contributed by atoms with Gasteiger partial charge in [-0.3, -0.25) is 4.79 Å². The van der Waals surface area contributed by atoms with Gasteiger partial charge in [0, 0.05) is 24.6 Å². The highest BCUT2D eigenvalue weighted by molar-refractivity contribution is 6.35. The molecule has 1 N–H and O–H groups in total. The van der Waals surface area contributed by atoms with Crippen molar-refractivity contribution in [3.8, 4) is 0 Å². The predicted molar refractivity (Wildman–Crippen MR) is 69.9 cm³/mol. The highest BCUT2D eigenvalue weighted by Crippen LogP contribution is 2.36. The molecular formula is C12H12Cl2FNO3. The number of amides is 1. The summed E-state index contributed by atoms with van der Waals surface area (Å²) in [5, 5.41) is 9.14. The van der Waals surface area contributed by atoms with Crippen LogP contribution in [0.15, 0.2) is 12.1 Å². The Balaban J connectivity index is 3.56. The van der Waals surface area contributed by atoms with Gasteiger partial charge < -0.3 is 10.0 Å². The van der Waals surface area contributed by atoms with Gasteiger partial charge in [-0.1, -0.05) is 23.2 Å². The first kappa shape index (κ1) is 15.7. The molecule has 1 rings (SSSR count). The van der Waals surface area contributed by atoms with Crippen molar-refractivity contribution in [1.29, 1.82) is 0 Å². The van der Waals surface area contributed by atoms with E-state index in [2.05, 4.69) is 0 Å². The first-order chi connectivity index (χ1) is 8.62. The molecule has 0 heterocycles. The minimum absolute atomic E-state index is 0.0237. The van der Waals surface area contributed by atoms with Gasteiger partial charge in [0.1, 0.15) is 5.82 Å². The fraction of sp³-hybridized carbons (Fsp3) is 0.333. The minimum atomic E-state index is -1.78. The number of aliphatic carboxylic acids is 1. The largest absolute Gasteiger partial charge is 0.479 e. The third kappa shape index (κ3) is 2.67. The molecule has 0 bridgehead atoms. The van der Waals surface area contributed by atoms with Gasteiger partial charge in [-0.05, 0) is 19.1 Å². The number of likely N-dealkylation sites (N-methyl/N-ethyl adjacent to an activating group) is 1. The SMILES string of the molecule is CC(=O)N(C)C(C)(C(=O)O)c1cc(F)c(Cl)cc1Cl. The summed E-state index contributed by atoms with van der Waals surface area (Å²) in [5.41, 5.74) is -1.82. The van der Waals surface area contributed by atoms with Crippen LogP contribution in [0.5, 0.6) is 0 Å². The monoisotopic (exact) mass is 307 g/mol. The molecule has 0 aliphatic carbocycles. The van der Waals surface area contributed by atoms with Crippen molar-refractivity contribution >= 4 is 35.1 Å². The lowest BCUT2D eigenvalue weighted by atomic mass is 9.90. The number of benzene rings is 1. The summed E-state index contributed by atoms with van der Waals surface area (Å²) >= 11 is 11.5. The molecule has 0 fully saturated rings. The fourth-order valence-electron chi connectivity index (χ4n) is 1.65. The third-order valence-corrected chi connectivity index (χ3v) is 3.70. The first-order valence-electron chi connectivity index (χ1n) is 5.25. The second-order valence-electron chi connectivity index (χ2n) is 4.20. The number of nitrogens with zero attached hydrogens (tertiary/aromatic N) is 1. The maximum absolute atomic E-state index is 13.5. The Labute approximate surface area is 119 Å². The van der Waals surface area contributed by atoms with Gasteiger partial charge in [0.05, 0.1) is 5.02 Å². The van der Waals surface area contributed by atoms with Crippen molar-refractivity contribution in [3.63, 3.8) is 0 Å². The summed E-state index contributed by atoms with van der Waals surface area (Å²) in [6.45, 7) is 2.48. The maximum Gasteiger partial charge on any atom is 0.334 e. The summed E-state index contributed by atoms with van der Waals surface area (Å²) in [7, 11) is 1.30. The van der Waals surface area contributed by atoms with E-state index in [9.17, 15) is 19.1 Å². The van der Waals surface area contributed by atoms with E-state index in [4.69, 9.17) is 23.2 Å². The standard InChI is InChI=1S/C12H12Cl2FNO3/c1-6(17)16(3)12(2,11(18)19)7-4-10(15)9(14)5-8(7)13/h4-5H,1-3H3,(H,18,19). The Morgan fingerprint density at radius 1 is 1.32 bits per heavy atom. The van der Waals surface area contributed by atoms with Crippen LogP contribution < -0.4 is 0 Å². The van der Waals surface area contributed by atoms with Gasteiger partial charge >= 0.3 is 5.97 Å². The second-order valence-corrected chi connectivity index (χ2v) is 5.02. The molecule has 0 aromatic heterocycles. The van der Waals surface area contributed by atoms with Crippen molar-refractivity contribution in [3.05, 3.63) is 33.6 Å². The number of carbonyl (C=O) groups excluding carboxylic acids is 1. The van der Waals surface area contributed by atoms with Gasteiger partial charge in [0.15, 0.2) is 5.54 Å². The lowest BCUT2D eigenvalue weighted by molar-refractivity contribution is -0.156. The Morgan fingerprint density at radius 2 is 1.84 bits per heavy atom. The van der Waals surface area contributed by atoms with E-state index >= 15 is 0 Å². The fourth-order valence-corrected chi connectivity index (χ4v) is 2.22. The molecule has 0 radical (unpaired) electrons. The first-order valence-corrected chi connectivity index (χ1v) is 6.00. The molecule has 0 saturated carbocycles. The molecule has 1 aromatic carbocycles. The topological polar surface area (TPSA) is 57.6 Å². The van der Waals surface area contributed by atoms with Crippen molar-refractivity contribution in [2.45, 2.75) is 19.4 Å². The van der Waals surface area contributed by atoms with Gasteiger partial charge in [-0.15, -0.1) is 0 Å². The molecule has 0 saturated heterocycles. The summed E-state index contributed by atoms with van der Waals surface area (Å²) in [4.78, 5) is 23.9. The van der Waals surface area contributed by atoms with Crippen LogP contribution >= 0.6 is 23.2 Å². The third-order valence-electron chi connectivity index (χ3n) is 3.09. The second kappa shape index (κ2) is 5.35. The van der Waals surface area contributed by atoms with Crippen LogP contribution in [0.3, 0.4) is 0 Å². The maximum atomic E-state index is 13.5. The highest BCUT2D eigenvalue weighted by Gasteiger charge is 2.43. The quantitative estimate of drug-likeness (QED) is 0.874. The lowest BCUT2D eigenvalue weighted by Gasteiger charge is -2.35. The average Bonchev–Trinajstić information content (AvgIpc) is 2.31. The molecule has 7 heteroatoms. The van der Waals surface area contributed by atoms with Gasteiger partial charge in [0.2, 0.25) is 5.91 Å². The number of carboxylic acid groups (broad SMARTS) is 1. The van der Waals surface area contributed by atoms with Crippen molar-refractivity contribution < 1.29 is 19.1 Å². The molecule has 1 aromatic rings. The number of carbonyl (C=O) groups is 2. The number of hydrogen-bond donors (Lipinski definition) is 1. The number of rotatable bonds is 3. The van der Waals surface area contributed by atoms with Crippen LogP contribution in [-0.2, 0) is 15.1 Å². The molecule has 1 atom stereocenters. The molecule has 4 nitrogen and oxygen atoms in total. The number of halogens is 3. The van der Waals surface area contributed by atoms with E-state index in [1.165, 1.54) is 20.9 Å². The zero-order chi connectivity index (χ0) is 15.0. The Morgan fingerprint density at radius 3 is 2.26 bits per heavy atom. The van der Waals surface area contributed by atoms with Crippen LogP contribution in [0.1, 0.15) is 19.4 Å². The molecule has 0 spiro atoms. The Kier molecular flexibility index (Phi) is 4.43. The molecule has 104 valence electrons. The number of hydrogen-bond acceptors (Lipinski definition) is 2. The number of carboxylic acids is 1. The Bertz CT molecular complexity index is 550. The molecule has 19 heavy (non-hydrogen) atoms. The van der Waals surface area contributed by atoms with Gasteiger partial charge in [-0.2, -0.15) is 0 Å². The van der Waals surface area contributed by atoms with E-state index in [0.717, 1.165) is 17.0 Å². The molecule has 1 amide bonds. The highest BCUT2D eigenvalue weighted by atomic mass is 35.5. The van der Waals surface area contributed by atoms with E-state index < -0.39 is 23.2 Å². The molecule has 1 unspecified atom stereocenters. The summed E-state index contributed by atoms with van der Waals surface area (Å²) in [6, 6.07) is 2.04. The summed E-state index contributed by atoms with van der Waals surface area (Å²) in [5.74, 6) is -2.62. The zero-order valence-electron chi connectivity index (χ0n) is 10.5. The van der Waals surface area contributed by atoms with Gasteiger partial charge in [0.25, 0.3) is 0 Å². The smallest absolute Gasteiger partial charge is 0.334 e. The lowest BCUT2D eigenvalue weighted by Crippen LogP contribution is -2.50. The van der Waals surface area contributed by atoms with Crippen molar-refractivity contribution in [2.24, 2.45) is 0 Å². The predicted octanol–water partition coefficient (Wildman–Crippen LogP) is 2.91. The Hall–Kier alpha value is -1.33. The average molecular weight is 308 g/mol. The van der Waals surface area contributed by atoms with E-state index in [-0.39, 0.29) is 15.6 Å². The van der Waals surface area contributed by atoms with Crippen LogP contribution in [0.4, 0.5) is 4.39 Å². The normalized spacial score (nSPS) is 13.8. The summed E-state index contributed by atoms with van der Waals surface area (Å²) in [6.07, 6.45) is 0. The van der Waals surface area contributed by atoms with Crippen LogP contribution in [0.25, 0.3) is 0 Å². The van der Waals surface area contributed by atoms with Crippen LogP contribution in [0, 0.1) is 5.82 Å². The van der Waals surface area contributed by atoms with Gasteiger partial charge in [-0.25, -0.2) is 9.18 Å².